The minimum atomic E-state index is -0.299. The number of hydrogen-bond acceptors (Lipinski definition) is 7. The number of ether oxygens (including phenoxy) is 1. The van der Waals surface area contributed by atoms with E-state index in [1.807, 2.05) is 25.3 Å². The lowest BCUT2D eigenvalue weighted by atomic mass is 10.0. The van der Waals surface area contributed by atoms with Gasteiger partial charge in [0.1, 0.15) is 11.6 Å². The minimum Gasteiger partial charge on any atom is -0.446 e. The molecule has 1 amide bonds. The molecule has 168 valence electrons. The highest BCUT2D eigenvalue weighted by molar-refractivity contribution is 5.72. The molecule has 32 heavy (non-hydrogen) atoms. The van der Waals surface area contributed by atoms with Crippen LogP contribution >= 0.6 is 0 Å². The van der Waals surface area contributed by atoms with Crippen LogP contribution in [0.2, 0.25) is 0 Å². The van der Waals surface area contributed by atoms with Crippen LogP contribution in [-0.2, 0) is 10.3 Å². The van der Waals surface area contributed by atoms with Crippen molar-refractivity contribution in [2.24, 2.45) is 5.73 Å². The van der Waals surface area contributed by atoms with Crippen LogP contribution in [0.4, 0.5) is 16.4 Å². The Hall–Kier alpha value is -3.14. The van der Waals surface area contributed by atoms with Crippen LogP contribution in [0.3, 0.4) is 0 Å². The molecule has 5 N–H and O–H groups in total. The maximum absolute atomic E-state index is 12.1. The summed E-state index contributed by atoms with van der Waals surface area (Å²) in [5.41, 5.74) is 8.76. The monoisotopic (exact) mass is 436 g/mol. The average Bonchev–Trinajstić information content (AvgIpc) is 3.41. The first-order chi connectivity index (χ1) is 15.4. The van der Waals surface area contributed by atoms with Crippen LogP contribution in [0.1, 0.15) is 69.2 Å². The van der Waals surface area contributed by atoms with Crippen molar-refractivity contribution in [3.8, 4) is 0 Å². The highest BCUT2D eigenvalue weighted by Crippen LogP contribution is 2.42. The van der Waals surface area contributed by atoms with E-state index in [0.29, 0.717) is 11.6 Å². The van der Waals surface area contributed by atoms with E-state index in [1.165, 1.54) is 0 Å². The summed E-state index contributed by atoms with van der Waals surface area (Å²) in [5.74, 6) is 1.66. The lowest BCUT2D eigenvalue weighted by molar-refractivity contribution is 0.0967. The first-order valence-electron chi connectivity index (χ1n) is 11.3. The van der Waals surface area contributed by atoms with Crippen LogP contribution < -0.4 is 16.4 Å². The second kappa shape index (κ2) is 6.93. The van der Waals surface area contributed by atoms with Gasteiger partial charge in [0.05, 0.1) is 11.2 Å². The molecule has 0 unspecified atom stereocenters. The zero-order valence-electron chi connectivity index (χ0n) is 18.1. The predicted molar refractivity (Wildman–Crippen MR) is 118 cm³/mol. The number of rotatable bonds is 6. The number of H-pyrrole nitrogens is 1. The Morgan fingerprint density at radius 1 is 1.28 bits per heavy atom. The predicted octanol–water partition coefficient (Wildman–Crippen LogP) is 3.06. The summed E-state index contributed by atoms with van der Waals surface area (Å²) in [6.07, 6.45) is 9.75. The van der Waals surface area contributed by atoms with Crippen LogP contribution in [0.25, 0.3) is 5.52 Å². The Kier molecular flexibility index (Phi) is 4.23. The molecule has 0 saturated heterocycles. The maximum atomic E-state index is 12.1. The van der Waals surface area contributed by atoms with Gasteiger partial charge in [-0.2, -0.15) is 10.2 Å². The van der Waals surface area contributed by atoms with Gasteiger partial charge < -0.3 is 21.1 Å². The van der Waals surface area contributed by atoms with E-state index < -0.39 is 0 Å². The minimum absolute atomic E-state index is 0.0599. The number of nitrogens with two attached hydrogens (primary N) is 1. The van der Waals surface area contributed by atoms with Gasteiger partial charge in [0, 0.05) is 35.6 Å². The molecule has 3 aromatic rings. The normalized spacial score (nSPS) is 24.9. The Labute approximate surface area is 185 Å². The topological polar surface area (TPSA) is 135 Å². The number of anilines is 2. The van der Waals surface area contributed by atoms with E-state index in [2.05, 4.69) is 30.9 Å². The Balaban J connectivity index is 1.11. The van der Waals surface area contributed by atoms with E-state index in [-0.39, 0.29) is 29.2 Å². The first-order valence-corrected chi connectivity index (χ1v) is 11.3. The summed E-state index contributed by atoms with van der Waals surface area (Å²) < 4.78 is 7.44. The Bertz CT molecular complexity index is 1180. The third-order valence-corrected chi connectivity index (χ3v) is 7.03. The summed E-state index contributed by atoms with van der Waals surface area (Å²) in [4.78, 5) is 16.6. The molecular formula is C22H28N8O2. The third-order valence-electron chi connectivity index (χ3n) is 7.03. The summed E-state index contributed by atoms with van der Waals surface area (Å²) in [7, 11) is 0. The molecule has 10 heteroatoms. The molecule has 2 atom stereocenters. The second-order valence-corrected chi connectivity index (χ2v) is 9.85. The van der Waals surface area contributed by atoms with Gasteiger partial charge in [-0.1, -0.05) is 0 Å². The number of carbonyl (C=O) groups is 1. The standard InChI is InChI=1S/C22H28N8O2/c1-21(4-5-21)26-20(31)32-14-3-2-13(10-14)15-11-18(28-27-15)25-19-16-12-17(22(23)6-7-22)29-30(16)9-8-24-19/h8-9,11-14H,2-7,10,23H2,1H3,(H,26,31)(H2,24,25,27,28)/t13-,14+/m0/s1. The zero-order valence-corrected chi connectivity index (χ0v) is 18.1. The molecule has 0 aliphatic heterocycles. The van der Waals surface area contributed by atoms with Crippen LogP contribution in [0.15, 0.2) is 24.5 Å². The maximum Gasteiger partial charge on any atom is 0.407 e. The quantitative estimate of drug-likeness (QED) is 0.466. The number of aromatic amines is 1. The van der Waals surface area contributed by atoms with Gasteiger partial charge in [0.15, 0.2) is 11.6 Å². The fourth-order valence-corrected chi connectivity index (χ4v) is 4.45. The molecule has 3 saturated carbocycles. The van der Waals surface area contributed by atoms with Crippen molar-refractivity contribution in [3.05, 3.63) is 35.9 Å². The van der Waals surface area contributed by atoms with Gasteiger partial charge in [-0.3, -0.25) is 5.10 Å². The molecule has 0 aromatic carbocycles. The van der Waals surface area contributed by atoms with Crippen molar-refractivity contribution in [2.45, 2.75) is 75.0 Å². The molecule has 3 aliphatic carbocycles. The summed E-state index contributed by atoms with van der Waals surface area (Å²) in [6.45, 7) is 2.05. The highest BCUT2D eigenvalue weighted by Gasteiger charge is 2.42. The van der Waals surface area contributed by atoms with Crippen molar-refractivity contribution >= 4 is 23.2 Å². The lowest BCUT2D eigenvalue weighted by Crippen LogP contribution is -2.36. The van der Waals surface area contributed by atoms with Gasteiger partial charge in [-0.25, -0.2) is 14.3 Å². The largest absolute Gasteiger partial charge is 0.446 e. The number of nitrogens with one attached hydrogen (secondary N) is 3. The van der Waals surface area contributed by atoms with Crippen LogP contribution in [-0.4, -0.2) is 42.5 Å². The summed E-state index contributed by atoms with van der Waals surface area (Å²) in [5, 5.41) is 18.4. The molecular weight excluding hydrogens is 408 g/mol. The molecule has 0 radical (unpaired) electrons. The van der Waals surface area contributed by atoms with E-state index >= 15 is 0 Å². The highest BCUT2D eigenvalue weighted by atomic mass is 16.6. The number of amides is 1. The smallest absolute Gasteiger partial charge is 0.407 e. The number of alkyl carbamates (subject to hydrolysis) is 1. The second-order valence-electron chi connectivity index (χ2n) is 9.85. The number of nitrogens with zero attached hydrogens (tertiary/aromatic N) is 4. The van der Waals surface area contributed by atoms with Gasteiger partial charge >= 0.3 is 6.09 Å². The SMILES string of the molecule is CC1(NC(=O)O[C@@H]2CC[C@H](c3cc(Nc4nccn5nc(C6(N)CC6)cc45)n[nH]3)C2)CC1. The van der Waals surface area contributed by atoms with Crippen LogP contribution in [0, 0.1) is 0 Å². The van der Waals surface area contributed by atoms with Gasteiger partial charge in [-0.15, -0.1) is 0 Å². The van der Waals surface area contributed by atoms with Crippen LogP contribution in [0.5, 0.6) is 0 Å². The van der Waals surface area contributed by atoms with Crippen molar-refractivity contribution < 1.29 is 9.53 Å². The van der Waals surface area contributed by atoms with Gasteiger partial charge in [0.25, 0.3) is 0 Å². The number of carbonyl (C=O) groups excluding carboxylic acids is 1. The van der Waals surface area contributed by atoms with Crippen molar-refractivity contribution in [2.75, 3.05) is 5.32 Å². The van der Waals surface area contributed by atoms with E-state index in [4.69, 9.17) is 10.5 Å². The lowest BCUT2D eigenvalue weighted by Gasteiger charge is -2.16. The molecule has 3 aromatic heterocycles. The molecule has 6 rings (SSSR count). The number of hydrogen-bond donors (Lipinski definition) is 4. The number of fused-ring (bicyclic) bond motifs is 1. The van der Waals surface area contributed by atoms with Gasteiger partial charge in [0.2, 0.25) is 0 Å². The van der Waals surface area contributed by atoms with Gasteiger partial charge in [-0.05, 0) is 57.9 Å². The molecule has 3 heterocycles. The molecule has 0 spiro atoms. The summed E-state index contributed by atoms with van der Waals surface area (Å²) in [6, 6.07) is 4.01. The first kappa shape index (κ1) is 19.5. The van der Waals surface area contributed by atoms with E-state index in [9.17, 15) is 4.79 Å². The Morgan fingerprint density at radius 3 is 2.91 bits per heavy atom. The van der Waals surface area contributed by atoms with Crippen molar-refractivity contribution in [1.82, 2.24) is 30.1 Å². The average molecular weight is 437 g/mol. The third kappa shape index (κ3) is 3.68. The fourth-order valence-electron chi connectivity index (χ4n) is 4.45. The van der Waals surface area contributed by atoms with Crippen molar-refractivity contribution in [3.63, 3.8) is 0 Å². The Morgan fingerprint density at radius 2 is 2.12 bits per heavy atom. The zero-order chi connectivity index (χ0) is 21.9. The fraction of sp³-hybridized carbons (Fsp3) is 0.545. The van der Waals surface area contributed by atoms with Crippen molar-refractivity contribution in [1.29, 1.82) is 0 Å². The molecule has 3 aliphatic rings. The summed E-state index contributed by atoms with van der Waals surface area (Å²) >= 11 is 0. The molecule has 0 bridgehead atoms. The van der Waals surface area contributed by atoms with E-state index in [1.54, 1.807) is 10.7 Å². The molecule has 3 fully saturated rings. The van der Waals surface area contributed by atoms with E-state index in [0.717, 1.165) is 61.9 Å². The molecule has 10 nitrogen and oxygen atoms in total. The number of aromatic nitrogens is 5.